The Bertz CT molecular complexity index is 1230. The molecule has 3 aromatic rings. The van der Waals surface area contributed by atoms with Crippen LogP contribution >= 0.6 is 11.8 Å². The molecule has 0 radical (unpaired) electrons. The quantitative estimate of drug-likeness (QED) is 0.506. The van der Waals surface area contributed by atoms with Gasteiger partial charge in [0.15, 0.2) is 11.5 Å². The first kappa shape index (κ1) is 23.6. The van der Waals surface area contributed by atoms with Crippen molar-refractivity contribution in [2.45, 2.75) is 44.0 Å². The minimum atomic E-state index is -0.0585. The summed E-state index contributed by atoms with van der Waals surface area (Å²) in [5.41, 5.74) is 1.94. The number of para-hydroxylation sites is 1. The highest BCUT2D eigenvalue weighted by Crippen LogP contribution is 2.33. The van der Waals surface area contributed by atoms with E-state index in [9.17, 15) is 9.59 Å². The number of thioether (sulfide) groups is 1. The van der Waals surface area contributed by atoms with Crippen LogP contribution in [0.2, 0.25) is 0 Å². The zero-order chi connectivity index (χ0) is 24.4. The van der Waals surface area contributed by atoms with Gasteiger partial charge in [-0.25, -0.2) is 0 Å². The van der Waals surface area contributed by atoms with E-state index >= 15 is 0 Å². The van der Waals surface area contributed by atoms with Crippen molar-refractivity contribution in [1.82, 2.24) is 14.8 Å². The molecular weight excluding hydrogens is 466 g/mol. The van der Waals surface area contributed by atoms with Crippen LogP contribution in [-0.2, 0) is 27.4 Å². The van der Waals surface area contributed by atoms with E-state index in [1.165, 1.54) is 11.8 Å². The van der Waals surface area contributed by atoms with Crippen molar-refractivity contribution in [3.05, 3.63) is 54.2 Å². The number of amides is 2. The van der Waals surface area contributed by atoms with Crippen LogP contribution in [0, 0.1) is 0 Å². The number of hydrogen-bond donors (Lipinski definition) is 1. The third-order valence-corrected chi connectivity index (χ3v) is 7.16. The molecule has 5 rings (SSSR count). The molecule has 0 spiro atoms. The summed E-state index contributed by atoms with van der Waals surface area (Å²) in [6.07, 6.45) is 2.05. The normalized spacial score (nSPS) is 19.2. The maximum atomic E-state index is 13.0. The smallest absolute Gasteiger partial charge is 0.242 e. The highest BCUT2D eigenvalue weighted by molar-refractivity contribution is 8.00. The Morgan fingerprint density at radius 3 is 2.66 bits per heavy atom. The van der Waals surface area contributed by atoms with Crippen molar-refractivity contribution in [1.29, 1.82) is 0 Å². The predicted octanol–water partition coefficient (Wildman–Crippen LogP) is 3.41. The third kappa shape index (κ3) is 5.41. The molecule has 2 unspecified atom stereocenters. The number of nitrogens with one attached hydrogen (secondary N) is 1. The summed E-state index contributed by atoms with van der Waals surface area (Å²) in [5, 5.41) is 4.00. The number of carbonyl (C=O) groups is 2. The zero-order valence-corrected chi connectivity index (χ0v) is 20.7. The van der Waals surface area contributed by atoms with Crippen molar-refractivity contribution in [2.75, 3.05) is 25.6 Å². The number of benzene rings is 2. The molecule has 1 aromatic heterocycles. The van der Waals surface area contributed by atoms with E-state index in [1.54, 1.807) is 0 Å². The van der Waals surface area contributed by atoms with Gasteiger partial charge in [0.05, 0.1) is 18.0 Å². The van der Waals surface area contributed by atoms with E-state index in [2.05, 4.69) is 5.32 Å². The Hall–Kier alpha value is -3.17. The summed E-state index contributed by atoms with van der Waals surface area (Å²) in [7, 11) is 0. The molecule has 1 N–H and O–H groups in total. The first-order valence-electron chi connectivity index (χ1n) is 11.8. The van der Waals surface area contributed by atoms with Crippen molar-refractivity contribution >= 4 is 34.5 Å². The van der Waals surface area contributed by atoms with Gasteiger partial charge in [0, 0.05) is 41.6 Å². The second-order valence-corrected chi connectivity index (χ2v) is 9.96. The van der Waals surface area contributed by atoms with Gasteiger partial charge < -0.3 is 29.0 Å². The molecule has 2 aliphatic rings. The molecule has 2 aliphatic heterocycles. The molecule has 2 amide bonds. The Balaban J connectivity index is 1.21. The van der Waals surface area contributed by atoms with Gasteiger partial charge in [-0.15, -0.1) is 11.8 Å². The summed E-state index contributed by atoms with van der Waals surface area (Å²) in [6, 6.07) is 13.6. The number of ether oxygens (including phenoxy) is 3. The van der Waals surface area contributed by atoms with E-state index in [0.29, 0.717) is 25.4 Å². The van der Waals surface area contributed by atoms with E-state index in [-0.39, 0.29) is 43.1 Å². The van der Waals surface area contributed by atoms with Crippen LogP contribution in [0.15, 0.2) is 53.6 Å². The molecule has 2 aromatic carbocycles. The van der Waals surface area contributed by atoms with E-state index in [0.717, 1.165) is 27.1 Å². The van der Waals surface area contributed by atoms with Crippen molar-refractivity contribution in [2.24, 2.45) is 0 Å². The molecule has 2 atom stereocenters. The first-order valence-corrected chi connectivity index (χ1v) is 12.7. The third-order valence-electron chi connectivity index (χ3n) is 6.12. The number of aromatic nitrogens is 1. The lowest BCUT2D eigenvalue weighted by atomic mass is 10.2. The van der Waals surface area contributed by atoms with E-state index in [4.69, 9.17) is 14.2 Å². The number of rotatable bonds is 7. The van der Waals surface area contributed by atoms with Gasteiger partial charge >= 0.3 is 0 Å². The maximum absolute atomic E-state index is 13.0. The fourth-order valence-electron chi connectivity index (χ4n) is 4.53. The molecule has 0 bridgehead atoms. The number of hydrogen-bond acceptors (Lipinski definition) is 6. The summed E-state index contributed by atoms with van der Waals surface area (Å²) < 4.78 is 18.5. The molecule has 184 valence electrons. The average Bonchev–Trinajstić information content (AvgIpc) is 3.45. The molecule has 9 heteroatoms. The topological polar surface area (TPSA) is 82.0 Å². The first-order chi connectivity index (χ1) is 17.0. The number of morpholine rings is 1. The Morgan fingerprint density at radius 2 is 1.83 bits per heavy atom. The Labute approximate surface area is 208 Å². The van der Waals surface area contributed by atoms with Gasteiger partial charge in [0.25, 0.3) is 0 Å². The fourth-order valence-corrected chi connectivity index (χ4v) is 5.45. The van der Waals surface area contributed by atoms with Crippen LogP contribution in [0.3, 0.4) is 0 Å². The summed E-state index contributed by atoms with van der Waals surface area (Å²) in [6.45, 7) is 6.10. The minimum Gasteiger partial charge on any atom is -0.454 e. The van der Waals surface area contributed by atoms with Gasteiger partial charge in [0.1, 0.15) is 6.54 Å². The molecule has 3 heterocycles. The number of nitrogens with zero attached hydrogens (tertiary/aromatic N) is 2. The van der Waals surface area contributed by atoms with Crippen LogP contribution in [0.5, 0.6) is 11.5 Å². The van der Waals surface area contributed by atoms with E-state index < -0.39 is 0 Å². The van der Waals surface area contributed by atoms with Crippen LogP contribution in [-0.4, -0.2) is 59.1 Å². The van der Waals surface area contributed by atoms with Crippen LogP contribution in [0.25, 0.3) is 10.9 Å². The predicted molar refractivity (Wildman–Crippen MR) is 134 cm³/mol. The Kier molecular flexibility index (Phi) is 6.88. The lowest BCUT2D eigenvalue weighted by Gasteiger charge is -2.35. The standard InChI is InChI=1S/C26H29N3O5S/c1-17-11-29(12-18(2)34-17)26(31)14-28-13-24(20-5-3-4-6-21(20)28)35-15-25(30)27-10-19-7-8-22-23(9-19)33-16-32-22/h3-9,13,17-18H,10-12,14-16H2,1-2H3,(H,27,30). The van der Waals surface area contributed by atoms with Crippen molar-refractivity contribution in [3.8, 4) is 11.5 Å². The van der Waals surface area contributed by atoms with Crippen molar-refractivity contribution in [3.63, 3.8) is 0 Å². The molecule has 8 nitrogen and oxygen atoms in total. The van der Waals surface area contributed by atoms with Crippen LogP contribution < -0.4 is 14.8 Å². The fraction of sp³-hybridized carbons (Fsp3) is 0.385. The number of carbonyl (C=O) groups excluding carboxylic acids is 2. The van der Waals surface area contributed by atoms with Crippen LogP contribution in [0.1, 0.15) is 19.4 Å². The monoisotopic (exact) mass is 495 g/mol. The average molecular weight is 496 g/mol. The minimum absolute atomic E-state index is 0.0337. The molecule has 35 heavy (non-hydrogen) atoms. The molecule has 1 saturated heterocycles. The highest BCUT2D eigenvalue weighted by Gasteiger charge is 2.26. The SMILES string of the molecule is CC1CN(C(=O)Cn2cc(SCC(=O)NCc3ccc4c(c3)OCO4)c3ccccc32)CC(C)O1. The van der Waals surface area contributed by atoms with Crippen LogP contribution in [0.4, 0.5) is 0 Å². The molecular formula is C26H29N3O5S. The van der Waals surface area contributed by atoms with Crippen molar-refractivity contribution < 1.29 is 23.8 Å². The summed E-state index contributed by atoms with van der Waals surface area (Å²) >= 11 is 1.48. The second kappa shape index (κ2) is 10.2. The largest absolute Gasteiger partial charge is 0.454 e. The van der Waals surface area contributed by atoms with Gasteiger partial charge in [-0.1, -0.05) is 24.3 Å². The van der Waals surface area contributed by atoms with Gasteiger partial charge in [-0.3, -0.25) is 9.59 Å². The summed E-state index contributed by atoms with van der Waals surface area (Å²) in [4.78, 5) is 28.4. The highest BCUT2D eigenvalue weighted by atomic mass is 32.2. The van der Waals surface area contributed by atoms with Gasteiger partial charge in [-0.05, 0) is 37.6 Å². The lowest BCUT2D eigenvalue weighted by molar-refractivity contribution is -0.143. The molecule has 0 saturated carbocycles. The number of fused-ring (bicyclic) bond motifs is 2. The molecule has 1 fully saturated rings. The van der Waals surface area contributed by atoms with Gasteiger partial charge in [-0.2, -0.15) is 0 Å². The molecule has 0 aliphatic carbocycles. The van der Waals surface area contributed by atoms with E-state index in [1.807, 2.05) is 72.0 Å². The second-order valence-electron chi connectivity index (χ2n) is 8.95. The lowest BCUT2D eigenvalue weighted by Crippen LogP contribution is -2.49. The zero-order valence-electron chi connectivity index (χ0n) is 19.9. The Morgan fingerprint density at radius 1 is 1.06 bits per heavy atom. The summed E-state index contributed by atoms with van der Waals surface area (Å²) in [5.74, 6) is 1.73. The van der Waals surface area contributed by atoms with Gasteiger partial charge in [0.2, 0.25) is 18.6 Å². The maximum Gasteiger partial charge on any atom is 0.242 e.